The van der Waals surface area contributed by atoms with Crippen molar-refractivity contribution in [3.8, 4) is 5.75 Å². The summed E-state index contributed by atoms with van der Waals surface area (Å²) in [5, 5.41) is 2.70. The number of hydrogen-bond donors (Lipinski definition) is 1. The van der Waals surface area contributed by atoms with E-state index in [4.69, 9.17) is 13.9 Å². The molecule has 0 bridgehead atoms. The van der Waals surface area contributed by atoms with E-state index in [9.17, 15) is 14.0 Å². The van der Waals surface area contributed by atoms with Crippen LogP contribution in [0.3, 0.4) is 0 Å². The number of ether oxygens (including phenoxy) is 2. The van der Waals surface area contributed by atoms with Gasteiger partial charge in [0, 0.05) is 24.5 Å². The van der Waals surface area contributed by atoms with Crippen molar-refractivity contribution in [2.24, 2.45) is 0 Å². The fourth-order valence-corrected chi connectivity index (χ4v) is 3.38. The van der Waals surface area contributed by atoms with Crippen molar-refractivity contribution < 1.29 is 27.9 Å². The van der Waals surface area contributed by atoms with Crippen molar-refractivity contribution in [3.63, 3.8) is 0 Å². The molecule has 1 amide bonds. The lowest BCUT2D eigenvalue weighted by Gasteiger charge is -2.17. The quantitative estimate of drug-likeness (QED) is 0.526. The summed E-state index contributed by atoms with van der Waals surface area (Å²) in [6, 6.07) is 16.2. The van der Waals surface area contributed by atoms with E-state index in [-0.39, 0.29) is 18.2 Å². The second-order valence-electron chi connectivity index (χ2n) is 7.37. The molecule has 1 aromatic heterocycles. The molecule has 7 nitrogen and oxygen atoms in total. The van der Waals surface area contributed by atoms with Gasteiger partial charge in [-0.15, -0.1) is 0 Å². The molecular weight excluding hydrogens is 415 g/mol. The number of esters is 1. The fourth-order valence-electron chi connectivity index (χ4n) is 3.38. The minimum absolute atomic E-state index is 0.0366. The van der Waals surface area contributed by atoms with Crippen LogP contribution in [0, 0.1) is 5.82 Å². The molecule has 1 aliphatic rings. The largest absolute Gasteiger partial charge is 0.486 e. The molecule has 1 N–H and O–H groups in total. The zero-order valence-electron chi connectivity index (χ0n) is 17.4. The Hall–Kier alpha value is -3.81. The Morgan fingerprint density at radius 3 is 2.41 bits per heavy atom. The molecule has 32 heavy (non-hydrogen) atoms. The number of hydrogen-bond acceptors (Lipinski definition) is 6. The molecule has 2 aromatic carbocycles. The lowest BCUT2D eigenvalue weighted by Crippen LogP contribution is -2.21. The topological polar surface area (TPSA) is 81.0 Å². The third kappa shape index (κ3) is 5.66. The third-order valence-electron chi connectivity index (χ3n) is 5.01. The first kappa shape index (κ1) is 21.4. The second-order valence-corrected chi connectivity index (χ2v) is 7.37. The van der Waals surface area contributed by atoms with E-state index >= 15 is 0 Å². The smallest absolute Gasteiger partial charge is 0.374 e. The summed E-state index contributed by atoms with van der Waals surface area (Å²) in [7, 11) is 0. The van der Waals surface area contributed by atoms with Gasteiger partial charge < -0.3 is 24.1 Å². The van der Waals surface area contributed by atoms with Crippen LogP contribution < -0.4 is 15.0 Å². The van der Waals surface area contributed by atoms with Gasteiger partial charge in [-0.2, -0.15) is 0 Å². The van der Waals surface area contributed by atoms with Gasteiger partial charge in [0.2, 0.25) is 5.76 Å². The molecule has 0 unspecified atom stereocenters. The van der Waals surface area contributed by atoms with Crippen LogP contribution in [-0.2, 0) is 16.1 Å². The summed E-state index contributed by atoms with van der Waals surface area (Å²) >= 11 is 0. The normalized spacial score (nSPS) is 13.1. The van der Waals surface area contributed by atoms with Crippen LogP contribution in [0.2, 0.25) is 0 Å². The van der Waals surface area contributed by atoms with Gasteiger partial charge in [-0.05, 0) is 73.5 Å². The highest BCUT2D eigenvalue weighted by molar-refractivity contribution is 5.94. The Bertz CT molecular complexity index is 1060. The summed E-state index contributed by atoms with van der Waals surface area (Å²) in [5.41, 5.74) is 1.76. The maximum atomic E-state index is 12.9. The lowest BCUT2D eigenvalue weighted by molar-refractivity contribution is -0.119. The molecule has 0 radical (unpaired) electrons. The van der Waals surface area contributed by atoms with Crippen molar-refractivity contribution in [1.82, 2.24) is 0 Å². The van der Waals surface area contributed by atoms with E-state index in [0.717, 1.165) is 18.8 Å². The summed E-state index contributed by atoms with van der Waals surface area (Å²) in [6.07, 6.45) is 2.39. The Balaban J connectivity index is 1.22. The number of anilines is 2. The van der Waals surface area contributed by atoms with Gasteiger partial charge in [0.25, 0.3) is 5.91 Å². The number of nitrogens with zero attached hydrogens (tertiary/aromatic N) is 1. The van der Waals surface area contributed by atoms with Crippen LogP contribution in [0.1, 0.15) is 29.2 Å². The van der Waals surface area contributed by atoms with E-state index in [1.165, 1.54) is 43.2 Å². The molecule has 2 heterocycles. The Morgan fingerprint density at radius 2 is 1.69 bits per heavy atom. The van der Waals surface area contributed by atoms with Crippen LogP contribution in [0.15, 0.2) is 65.1 Å². The van der Waals surface area contributed by atoms with Gasteiger partial charge >= 0.3 is 5.97 Å². The number of carbonyl (C=O) groups excluding carboxylic acids is 2. The van der Waals surface area contributed by atoms with E-state index in [1.807, 2.05) is 24.3 Å². The molecule has 0 atom stereocenters. The van der Waals surface area contributed by atoms with Gasteiger partial charge in [-0.25, -0.2) is 9.18 Å². The van der Waals surface area contributed by atoms with Gasteiger partial charge in [-0.3, -0.25) is 4.79 Å². The van der Waals surface area contributed by atoms with Crippen LogP contribution >= 0.6 is 0 Å². The number of nitrogens with one attached hydrogen (secondary N) is 1. The van der Waals surface area contributed by atoms with Crippen molar-refractivity contribution >= 4 is 23.3 Å². The summed E-state index contributed by atoms with van der Waals surface area (Å²) in [6.45, 7) is 1.73. The third-order valence-corrected chi connectivity index (χ3v) is 5.01. The minimum atomic E-state index is -0.752. The van der Waals surface area contributed by atoms with E-state index < -0.39 is 18.5 Å². The molecule has 1 aliphatic heterocycles. The number of carbonyl (C=O) groups is 2. The van der Waals surface area contributed by atoms with Gasteiger partial charge in [0.1, 0.15) is 23.9 Å². The Labute approximate surface area is 184 Å². The first-order valence-corrected chi connectivity index (χ1v) is 10.4. The van der Waals surface area contributed by atoms with Gasteiger partial charge in [0.05, 0.1) is 0 Å². The van der Waals surface area contributed by atoms with Crippen LogP contribution in [0.5, 0.6) is 5.75 Å². The highest BCUT2D eigenvalue weighted by Gasteiger charge is 2.16. The summed E-state index contributed by atoms with van der Waals surface area (Å²) < 4.78 is 28.8. The standard InChI is InChI=1S/C24H23FN2O5/c25-17-3-9-20(10-4-17)30-15-21-11-12-22(32-21)24(29)31-16-23(28)26-18-5-7-19(8-6-18)27-13-1-2-14-27/h3-12H,1-2,13-16H2,(H,26,28). The molecule has 0 aliphatic carbocycles. The molecular formula is C24H23FN2O5. The number of amides is 1. The molecule has 166 valence electrons. The SMILES string of the molecule is O=C(COC(=O)c1ccc(COc2ccc(F)cc2)o1)Nc1ccc(N2CCCC2)cc1. The number of rotatable bonds is 8. The molecule has 1 fully saturated rings. The molecule has 0 spiro atoms. The van der Waals surface area contributed by atoms with Crippen LogP contribution in [0.4, 0.5) is 15.8 Å². The Kier molecular flexibility index (Phi) is 6.69. The molecule has 1 saturated heterocycles. The molecule has 8 heteroatoms. The number of halogens is 1. The van der Waals surface area contributed by atoms with Crippen molar-refractivity contribution in [2.75, 3.05) is 29.9 Å². The lowest BCUT2D eigenvalue weighted by atomic mass is 10.2. The monoisotopic (exact) mass is 438 g/mol. The summed E-state index contributed by atoms with van der Waals surface area (Å²) in [5.74, 6) is -0.730. The first-order chi connectivity index (χ1) is 15.6. The molecule has 4 rings (SSSR count). The second kappa shape index (κ2) is 10.00. The van der Waals surface area contributed by atoms with Crippen LogP contribution in [0.25, 0.3) is 0 Å². The van der Waals surface area contributed by atoms with Gasteiger partial charge in [0.15, 0.2) is 6.61 Å². The number of benzene rings is 2. The maximum absolute atomic E-state index is 12.9. The highest BCUT2D eigenvalue weighted by atomic mass is 19.1. The van der Waals surface area contributed by atoms with Crippen molar-refractivity contribution in [1.29, 1.82) is 0 Å². The predicted molar refractivity (Wildman–Crippen MR) is 116 cm³/mol. The Morgan fingerprint density at radius 1 is 0.969 bits per heavy atom. The van der Waals surface area contributed by atoms with E-state index in [2.05, 4.69) is 10.2 Å². The highest BCUT2D eigenvalue weighted by Crippen LogP contribution is 2.22. The first-order valence-electron chi connectivity index (χ1n) is 10.4. The summed E-state index contributed by atoms with van der Waals surface area (Å²) in [4.78, 5) is 26.5. The van der Waals surface area contributed by atoms with Crippen LogP contribution in [-0.4, -0.2) is 31.6 Å². The molecule has 3 aromatic rings. The van der Waals surface area contributed by atoms with Crippen molar-refractivity contribution in [2.45, 2.75) is 19.4 Å². The maximum Gasteiger partial charge on any atom is 0.374 e. The average molecular weight is 438 g/mol. The number of furan rings is 1. The van der Waals surface area contributed by atoms with E-state index in [1.54, 1.807) is 6.07 Å². The minimum Gasteiger partial charge on any atom is -0.486 e. The van der Waals surface area contributed by atoms with Crippen molar-refractivity contribution in [3.05, 3.63) is 78.0 Å². The molecule has 0 saturated carbocycles. The fraction of sp³-hybridized carbons (Fsp3) is 0.250. The van der Waals surface area contributed by atoms with E-state index in [0.29, 0.717) is 17.2 Å². The zero-order valence-corrected chi connectivity index (χ0v) is 17.4. The van der Waals surface area contributed by atoms with Gasteiger partial charge in [-0.1, -0.05) is 0 Å². The average Bonchev–Trinajstić information content (AvgIpc) is 3.50. The zero-order chi connectivity index (χ0) is 22.3. The predicted octanol–water partition coefficient (Wildman–Crippen LogP) is 4.39.